The second kappa shape index (κ2) is 9.86. The third-order valence-corrected chi connectivity index (χ3v) is 8.54. The number of carbonyl (C=O) groups excluding carboxylic acids is 1. The van der Waals surface area contributed by atoms with Gasteiger partial charge in [-0.1, -0.05) is 13.8 Å². The number of fused-ring (bicyclic) bond motifs is 1. The van der Waals surface area contributed by atoms with Crippen LogP contribution in [0.25, 0.3) is 0 Å². The van der Waals surface area contributed by atoms with Gasteiger partial charge >= 0.3 is 6.18 Å². The van der Waals surface area contributed by atoms with Crippen molar-refractivity contribution in [1.29, 1.82) is 0 Å². The molecule has 1 amide bonds. The number of hydrogen-bond donors (Lipinski definition) is 0. The van der Waals surface area contributed by atoms with Crippen LogP contribution >= 0.6 is 0 Å². The van der Waals surface area contributed by atoms with Gasteiger partial charge in [-0.05, 0) is 44.7 Å². The molecule has 7 nitrogen and oxygen atoms in total. The summed E-state index contributed by atoms with van der Waals surface area (Å²) >= 11 is 0. The van der Waals surface area contributed by atoms with Crippen molar-refractivity contribution in [2.24, 2.45) is 11.3 Å². The zero-order valence-corrected chi connectivity index (χ0v) is 20.9. The second-order valence-corrected chi connectivity index (χ2v) is 10.6. The van der Waals surface area contributed by atoms with Gasteiger partial charge in [0.25, 0.3) is 0 Å². The summed E-state index contributed by atoms with van der Waals surface area (Å²) in [5.41, 5.74) is -0.968. The summed E-state index contributed by atoms with van der Waals surface area (Å²) in [6.07, 6.45) is -0.622. The summed E-state index contributed by atoms with van der Waals surface area (Å²) in [4.78, 5) is 18.0. The van der Waals surface area contributed by atoms with Gasteiger partial charge in [-0.2, -0.15) is 17.9 Å². The zero-order valence-electron chi connectivity index (χ0n) is 20.9. The van der Waals surface area contributed by atoms with E-state index in [2.05, 4.69) is 25.8 Å². The standard InChI is InChI=1S/C25H36F3N3O4/c1-16(2)24(8-5-19(12-24)29(3)21-7-10-35-15-22(21)34-4)23(32)30-9-6-20-17(13-30)11-18(14-31(20)33)25(26,27)28/h11,14,16,19,21-22H,5-10,12-13,15H2,1-4H3/t19?,21?,22?,24-/m0/s1. The highest BCUT2D eigenvalue weighted by Crippen LogP contribution is 2.48. The van der Waals surface area contributed by atoms with Crippen LogP contribution in [0.4, 0.5) is 13.2 Å². The van der Waals surface area contributed by atoms with Crippen LogP contribution in [0, 0.1) is 16.5 Å². The van der Waals surface area contributed by atoms with Gasteiger partial charge in [0.05, 0.1) is 31.1 Å². The molecule has 4 rings (SSSR count). The molecular formula is C25H36F3N3O4. The van der Waals surface area contributed by atoms with Gasteiger partial charge < -0.3 is 19.6 Å². The van der Waals surface area contributed by atoms with Gasteiger partial charge in [0.15, 0.2) is 11.9 Å². The molecule has 3 aliphatic rings. The van der Waals surface area contributed by atoms with E-state index in [4.69, 9.17) is 9.47 Å². The highest BCUT2D eigenvalue weighted by Gasteiger charge is 2.51. The zero-order chi connectivity index (χ0) is 25.5. The molecule has 4 atom stereocenters. The Bertz CT molecular complexity index is 941. The molecular weight excluding hydrogens is 463 g/mol. The number of nitrogens with zero attached hydrogens (tertiary/aromatic N) is 3. The minimum Gasteiger partial charge on any atom is -0.618 e. The Morgan fingerprint density at radius 2 is 2.11 bits per heavy atom. The van der Waals surface area contributed by atoms with Crippen LogP contribution in [-0.2, 0) is 33.4 Å². The van der Waals surface area contributed by atoms with Gasteiger partial charge in [-0.15, -0.1) is 0 Å². The Balaban J connectivity index is 1.53. The molecule has 1 aromatic heterocycles. The van der Waals surface area contributed by atoms with E-state index in [0.29, 0.717) is 42.8 Å². The summed E-state index contributed by atoms with van der Waals surface area (Å²) in [5, 5.41) is 12.2. The fourth-order valence-corrected chi connectivity index (χ4v) is 6.25. The molecule has 0 aromatic carbocycles. The van der Waals surface area contributed by atoms with Gasteiger partial charge in [-0.25, -0.2) is 0 Å². The molecule has 0 N–H and O–H groups in total. The van der Waals surface area contributed by atoms with E-state index in [1.165, 1.54) is 0 Å². The van der Waals surface area contributed by atoms with Gasteiger partial charge in [0.2, 0.25) is 5.91 Å². The summed E-state index contributed by atoms with van der Waals surface area (Å²) in [5.74, 6) is 0.0628. The fourth-order valence-electron chi connectivity index (χ4n) is 6.25. The lowest BCUT2D eigenvalue weighted by Gasteiger charge is -2.42. The number of ether oxygens (including phenoxy) is 2. The minimum absolute atomic E-state index is 0.0146. The highest BCUT2D eigenvalue weighted by atomic mass is 19.4. The Hall–Kier alpha value is -1.91. The maximum atomic E-state index is 14.0. The van der Waals surface area contributed by atoms with E-state index in [1.54, 1.807) is 12.0 Å². The van der Waals surface area contributed by atoms with Crippen LogP contribution in [-0.4, -0.2) is 67.8 Å². The summed E-state index contributed by atoms with van der Waals surface area (Å²) in [6.45, 7) is 5.71. The first-order chi connectivity index (χ1) is 16.5. The summed E-state index contributed by atoms with van der Waals surface area (Å²) < 4.78 is 51.4. The number of halogens is 3. The fraction of sp³-hybridized carbons (Fsp3) is 0.760. The largest absolute Gasteiger partial charge is 0.618 e. The van der Waals surface area contributed by atoms with Crippen LogP contribution in [0.15, 0.2) is 12.3 Å². The molecule has 1 saturated carbocycles. The quantitative estimate of drug-likeness (QED) is 0.460. The van der Waals surface area contributed by atoms with Crippen LogP contribution in [0.3, 0.4) is 0 Å². The van der Waals surface area contributed by atoms with E-state index in [9.17, 15) is 23.2 Å². The molecule has 1 aromatic rings. The number of rotatable bonds is 5. The average Bonchev–Trinajstić information content (AvgIpc) is 3.29. The van der Waals surface area contributed by atoms with Gasteiger partial charge in [-0.3, -0.25) is 9.69 Å². The molecule has 2 aliphatic heterocycles. The first-order valence-corrected chi connectivity index (χ1v) is 12.4. The van der Waals surface area contributed by atoms with Crippen molar-refractivity contribution in [2.75, 3.05) is 33.9 Å². The minimum atomic E-state index is -4.61. The average molecular weight is 500 g/mol. The normalized spacial score (nSPS) is 29.6. The lowest BCUT2D eigenvalue weighted by atomic mass is 9.73. The molecule has 1 aliphatic carbocycles. The molecule has 35 heavy (non-hydrogen) atoms. The highest BCUT2D eigenvalue weighted by molar-refractivity contribution is 5.83. The molecule has 0 bridgehead atoms. The topological polar surface area (TPSA) is 69.0 Å². The lowest BCUT2D eigenvalue weighted by molar-refractivity contribution is -0.616. The van der Waals surface area contributed by atoms with Crippen molar-refractivity contribution >= 4 is 5.91 Å². The predicted octanol–water partition coefficient (Wildman–Crippen LogP) is 3.15. The Kier molecular flexibility index (Phi) is 7.37. The Labute approximate surface area is 204 Å². The van der Waals surface area contributed by atoms with Crippen molar-refractivity contribution in [3.05, 3.63) is 34.3 Å². The van der Waals surface area contributed by atoms with E-state index >= 15 is 0 Å². The number of methoxy groups -OCH3 is 1. The SMILES string of the molecule is COC1COCCC1N(C)C1CC[C@@](C(=O)N2CCc3c(cc(C(F)(F)F)c[n+]3[O-])C2)(C(C)C)C1. The van der Waals surface area contributed by atoms with Crippen molar-refractivity contribution in [3.8, 4) is 0 Å². The maximum absolute atomic E-state index is 14.0. The van der Waals surface area contributed by atoms with Crippen molar-refractivity contribution in [1.82, 2.24) is 9.80 Å². The van der Waals surface area contributed by atoms with Gasteiger partial charge in [0, 0.05) is 37.9 Å². The van der Waals surface area contributed by atoms with Gasteiger partial charge in [0.1, 0.15) is 5.56 Å². The van der Waals surface area contributed by atoms with Crippen LogP contribution in [0.2, 0.25) is 0 Å². The summed E-state index contributed by atoms with van der Waals surface area (Å²) in [6, 6.07) is 1.44. The molecule has 10 heteroatoms. The molecule has 0 spiro atoms. The number of hydrogen-bond acceptors (Lipinski definition) is 5. The molecule has 2 fully saturated rings. The molecule has 196 valence electrons. The number of alkyl halides is 3. The van der Waals surface area contributed by atoms with E-state index in [1.807, 2.05) is 0 Å². The Morgan fingerprint density at radius 1 is 1.37 bits per heavy atom. The van der Waals surface area contributed by atoms with Crippen molar-refractivity contribution < 1.29 is 32.2 Å². The predicted molar refractivity (Wildman–Crippen MR) is 122 cm³/mol. The smallest absolute Gasteiger partial charge is 0.422 e. The Morgan fingerprint density at radius 3 is 2.77 bits per heavy atom. The second-order valence-electron chi connectivity index (χ2n) is 10.6. The number of aromatic nitrogens is 1. The molecule has 3 unspecified atom stereocenters. The van der Waals surface area contributed by atoms with Crippen LogP contribution in [0.5, 0.6) is 0 Å². The number of carbonyl (C=O) groups is 1. The van der Waals surface area contributed by atoms with Crippen LogP contribution in [0.1, 0.15) is 56.4 Å². The first kappa shape index (κ1) is 26.2. The van der Waals surface area contributed by atoms with E-state index < -0.39 is 17.2 Å². The number of amides is 1. The molecule has 1 saturated heterocycles. The molecule has 0 radical (unpaired) electrons. The number of pyridine rings is 1. The number of likely N-dealkylation sites (N-methyl/N-ethyl adjacent to an activating group) is 1. The lowest BCUT2D eigenvalue weighted by Crippen LogP contribution is -2.53. The third-order valence-electron chi connectivity index (χ3n) is 8.54. The van der Waals surface area contributed by atoms with E-state index in [0.717, 1.165) is 25.3 Å². The monoisotopic (exact) mass is 499 g/mol. The molecule has 3 heterocycles. The first-order valence-electron chi connectivity index (χ1n) is 12.4. The van der Waals surface area contributed by atoms with E-state index in [-0.39, 0.29) is 48.5 Å². The van der Waals surface area contributed by atoms with Crippen LogP contribution < -0.4 is 4.73 Å². The maximum Gasteiger partial charge on any atom is 0.422 e. The van der Waals surface area contributed by atoms with Crippen molar-refractivity contribution in [3.63, 3.8) is 0 Å². The summed E-state index contributed by atoms with van der Waals surface area (Å²) in [7, 11) is 3.79. The third kappa shape index (κ3) is 4.89. The van der Waals surface area contributed by atoms with Crippen molar-refractivity contribution in [2.45, 2.75) is 76.9 Å².